The van der Waals surface area contributed by atoms with Gasteiger partial charge in [-0.3, -0.25) is 0 Å². The smallest absolute Gasteiger partial charge is 0.174 e. The Kier molecular flexibility index (Phi) is 5.36. The highest BCUT2D eigenvalue weighted by atomic mass is 32.2. The number of benzene rings is 1. The summed E-state index contributed by atoms with van der Waals surface area (Å²) in [4.78, 5) is 0. The van der Waals surface area contributed by atoms with Crippen LogP contribution in [0.5, 0.6) is 0 Å². The van der Waals surface area contributed by atoms with Gasteiger partial charge >= 0.3 is 0 Å². The fourth-order valence-electron chi connectivity index (χ4n) is 1.99. The van der Waals surface area contributed by atoms with Gasteiger partial charge in [0.05, 0.1) is 0 Å². The number of hydrogen-bond donors (Lipinski definition) is 1. The molecule has 0 bridgehead atoms. The van der Waals surface area contributed by atoms with Crippen molar-refractivity contribution in [3.05, 3.63) is 40.9 Å². The zero-order valence-corrected chi connectivity index (χ0v) is 13.1. The van der Waals surface area contributed by atoms with Crippen molar-refractivity contribution in [3.63, 3.8) is 0 Å². The predicted molar refractivity (Wildman–Crippen MR) is 82.8 cm³/mol. The van der Waals surface area contributed by atoms with Gasteiger partial charge in [0.15, 0.2) is 4.34 Å². The minimum absolute atomic E-state index is 0.334. The third kappa shape index (κ3) is 4.03. The Morgan fingerprint density at radius 3 is 2.58 bits per heavy atom. The van der Waals surface area contributed by atoms with E-state index in [0.29, 0.717) is 11.3 Å². The molecular formula is C14H19N3S2. The summed E-state index contributed by atoms with van der Waals surface area (Å²) in [5, 5.41) is 13.3. The SMILES string of the molecule is CCNC(c1ccccc1)C(C)Sc1nnc(C)s1. The van der Waals surface area contributed by atoms with Crippen LogP contribution in [0.25, 0.3) is 0 Å². The maximum atomic E-state index is 4.20. The second-order valence-corrected chi connectivity index (χ2v) is 7.16. The van der Waals surface area contributed by atoms with Crippen molar-refractivity contribution >= 4 is 23.1 Å². The van der Waals surface area contributed by atoms with Crippen LogP contribution < -0.4 is 5.32 Å². The van der Waals surface area contributed by atoms with Crippen LogP contribution in [0.4, 0.5) is 0 Å². The maximum Gasteiger partial charge on any atom is 0.174 e. The molecule has 0 saturated heterocycles. The van der Waals surface area contributed by atoms with E-state index in [1.807, 2.05) is 6.92 Å². The van der Waals surface area contributed by atoms with Crippen molar-refractivity contribution in [1.82, 2.24) is 15.5 Å². The summed E-state index contributed by atoms with van der Waals surface area (Å²) in [6.45, 7) is 7.33. The van der Waals surface area contributed by atoms with Crippen LogP contribution in [0, 0.1) is 6.92 Å². The molecule has 1 N–H and O–H groups in total. The second-order valence-electron chi connectivity index (χ2n) is 4.36. The van der Waals surface area contributed by atoms with Crippen molar-refractivity contribution in [2.24, 2.45) is 0 Å². The molecule has 0 aliphatic heterocycles. The van der Waals surface area contributed by atoms with Crippen LogP contribution in [-0.4, -0.2) is 22.0 Å². The van der Waals surface area contributed by atoms with Gasteiger partial charge in [-0.25, -0.2) is 0 Å². The van der Waals surface area contributed by atoms with Crippen LogP contribution in [0.1, 0.15) is 30.5 Å². The summed E-state index contributed by atoms with van der Waals surface area (Å²) in [6.07, 6.45) is 0. The molecule has 5 heteroatoms. The van der Waals surface area contributed by atoms with Gasteiger partial charge in [0, 0.05) is 11.3 Å². The topological polar surface area (TPSA) is 37.8 Å². The summed E-state index contributed by atoms with van der Waals surface area (Å²) in [7, 11) is 0. The lowest BCUT2D eigenvalue weighted by molar-refractivity contribution is 0.548. The third-order valence-corrected chi connectivity index (χ3v) is 4.95. The molecule has 102 valence electrons. The van der Waals surface area contributed by atoms with Gasteiger partial charge in [0.1, 0.15) is 5.01 Å². The third-order valence-electron chi connectivity index (χ3n) is 2.85. The Labute approximate surface area is 122 Å². The van der Waals surface area contributed by atoms with Gasteiger partial charge in [-0.15, -0.1) is 10.2 Å². The molecule has 0 aliphatic rings. The molecule has 0 spiro atoms. The number of nitrogens with one attached hydrogen (secondary N) is 1. The molecule has 0 radical (unpaired) electrons. The lowest BCUT2D eigenvalue weighted by atomic mass is 10.0. The first-order valence-corrected chi connectivity index (χ1v) is 8.15. The quantitative estimate of drug-likeness (QED) is 0.825. The van der Waals surface area contributed by atoms with Crippen molar-refractivity contribution in [2.45, 2.75) is 36.4 Å². The van der Waals surface area contributed by atoms with E-state index in [0.717, 1.165) is 15.9 Å². The molecule has 3 nitrogen and oxygen atoms in total. The van der Waals surface area contributed by atoms with Crippen molar-refractivity contribution < 1.29 is 0 Å². The highest BCUT2D eigenvalue weighted by Gasteiger charge is 2.20. The Morgan fingerprint density at radius 1 is 1.26 bits per heavy atom. The highest BCUT2D eigenvalue weighted by molar-refractivity contribution is 8.01. The number of nitrogens with zero attached hydrogens (tertiary/aromatic N) is 2. The highest BCUT2D eigenvalue weighted by Crippen LogP contribution is 2.33. The average Bonchev–Trinajstić information content (AvgIpc) is 2.82. The number of aryl methyl sites for hydroxylation is 1. The van der Waals surface area contributed by atoms with Crippen molar-refractivity contribution in [1.29, 1.82) is 0 Å². The monoisotopic (exact) mass is 293 g/mol. The Balaban J connectivity index is 2.10. The number of hydrogen-bond acceptors (Lipinski definition) is 5. The first-order chi connectivity index (χ1) is 9.20. The van der Waals surface area contributed by atoms with E-state index in [9.17, 15) is 0 Å². The zero-order chi connectivity index (χ0) is 13.7. The van der Waals surface area contributed by atoms with Gasteiger partial charge in [0.25, 0.3) is 0 Å². The molecule has 1 aromatic carbocycles. The van der Waals surface area contributed by atoms with E-state index in [1.165, 1.54) is 5.56 Å². The van der Waals surface area contributed by atoms with Crippen LogP contribution in [0.2, 0.25) is 0 Å². The maximum absolute atomic E-state index is 4.20. The molecule has 2 rings (SSSR count). The number of thioether (sulfide) groups is 1. The first-order valence-electron chi connectivity index (χ1n) is 6.45. The lowest BCUT2D eigenvalue weighted by Crippen LogP contribution is -2.28. The summed E-state index contributed by atoms with van der Waals surface area (Å²) in [5.41, 5.74) is 1.32. The van der Waals surface area contributed by atoms with E-state index in [4.69, 9.17) is 0 Å². The normalized spacial score (nSPS) is 14.3. The average molecular weight is 293 g/mol. The summed E-state index contributed by atoms with van der Waals surface area (Å²) < 4.78 is 1.05. The van der Waals surface area contributed by atoms with Gasteiger partial charge in [-0.2, -0.15) is 0 Å². The van der Waals surface area contributed by atoms with Crippen LogP contribution in [0.3, 0.4) is 0 Å². The van der Waals surface area contributed by atoms with Crippen LogP contribution in [-0.2, 0) is 0 Å². The van der Waals surface area contributed by atoms with E-state index in [2.05, 4.69) is 59.7 Å². The second kappa shape index (κ2) is 7.03. The standard InChI is InChI=1S/C14H19N3S2/c1-4-15-13(12-8-6-5-7-9-12)10(2)18-14-17-16-11(3)19-14/h5-10,13,15H,4H2,1-3H3. The molecule has 2 aromatic rings. The van der Waals surface area contributed by atoms with Gasteiger partial charge in [-0.1, -0.05) is 67.3 Å². The fraction of sp³-hybridized carbons (Fsp3) is 0.429. The van der Waals surface area contributed by atoms with E-state index in [-0.39, 0.29) is 0 Å². The molecule has 2 unspecified atom stereocenters. The Morgan fingerprint density at radius 2 is 2.00 bits per heavy atom. The zero-order valence-electron chi connectivity index (χ0n) is 11.5. The molecule has 0 aliphatic carbocycles. The largest absolute Gasteiger partial charge is 0.309 e. The number of aromatic nitrogens is 2. The molecule has 0 saturated carbocycles. The Hall–Kier alpha value is -0.910. The predicted octanol–water partition coefficient (Wildman–Crippen LogP) is 3.68. The summed E-state index contributed by atoms with van der Waals surface area (Å²) in [5.74, 6) is 0. The fourth-order valence-corrected chi connectivity index (χ4v) is 4.21. The van der Waals surface area contributed by atoms with Gasteiger partial charge < -0.3 is 5.32 Å². The first kappa shape index (κ1) is 14.5. The number of rotatable bonds is 6. The molecular weight excluding hydrogens is 274 g/mol. The minimum atomic E-state index is 0.334. The van der Waals surface area contributed by atoms with E-state index >= 15 is 0 Å². The van der Waals surface area contributed by atoms with Gasteiger partial charge in [-0.05, 0) is 19.0 Å². The van der Waals surface area contributed by atoms with E-state index in [1.54, 1.807) is 23.1 Å². The van der Waals surface area contributed by atoms with Crippen LogP contribution >= 0.6 is 23.1 Å². The van der Waals surface area contributed by atoms with Gasteiger partial charge in [0.2, 0.25) is 0 Å². The van der Waals surface area contributed by atoms with Crippen molar-refractivity contribution in [3.8, 4) is 0 Å². The van der Waals surface area contributed by atoms with E-state index < -0.39 is 0 Å². The lowest BCUT2D eigenvalue weighted by Gasteiger charge is -2.24. The van der Waals surface area contributed by atoms with Crippen molar-refractivity contribution in [2.75, 3.05) is 6.54 Å². The Bertz CT molecular complexity index is 498. The molecule has 2 atom stereocenters. The summed E-state index contributed by atoms with van der Waals surface area (Å²) >= 11 is 3.45. The molecule has 0 amide bonds. The van der Waals surface area contributed by atoms with Crippen LogP contribution in [0.15, 0.2) is 34.7 Å². The molecule has 0 fully saturated rings. The molecule has 19 heavy (non-hydrogen) atoms. The summed E-state index contributed by atoms with van der Waals surface area (Å²) in [6, 6.07) is 10.9. The minimum Gasteiger partial charge on any atom is -0.309 e. The molecule has 1 heterocycles. The molecule has 1 aromatic heterocycles.